The van der Waals surface area contributed by atoms with E-state index in [-0.39, 0.29) is 12.8 Å². The summed E-state index contributed by atoms with van der Waals surface area (Å²) >= 11 is 0. The van der Waals surface area contributed by atoms with Crippen molar-refractivity contribution in [3.05, 3.63) is 103 Å². The maximum Gasteiger partial charge on any atom is 0.252 e. The van der Waals surface area contributed by atoms with Gasteiger partial charge >= 0.3 is 0 Å². The molecule has 0 saturated heterocycles. The molecule has 3 aromatic carbocycles. The van der Waals surface area contributed by atoms with Crippen LogP contribution in [0.25, 0.3) is 61.4 Å². The van der Waals surface area contributed by atoms with Gasteiger partial charge in [0.05, 0.1) is 22.3 Å². The average molecular weight is 544 g/mol. The Bertz CT molecular complexity index is 2090. The monoisotopic (exact) mass is 543 g/mol. The molecule has 200 valence electrons. The van der Waals surface area contributed by atoms with Crippen LogP contribution in [0.1, 0.15) is 18.4 Å². The van der Waals surface area contributed by atoms with Crippen molar-refractivity contribution in [3.63, 3.8) is 0 Å². The maximum absolute atomic E-state index is 13.6. The standard InChI is InChI=1S/C32H23F2N7/c33-32(34)17-31(35,18-32)21-12-10-20(11-13-21)27-23(19-6-2-1-3-7-19)16-24-25(36-27)14-15-41-29(24)39-40-30(41)28-22-8-4-5-9-26(22)37-38-28/h1-16H,17-18,35H2,(H,37,38). The van der Waals surface area contributed by atoms with Crippen molar-refractivity contribution in [2.45, 2.75) is 24.3 Å². The molecule has 1 saturated carbocycles. The molecule has 0 amide bonds. The Labute approximate surface area is 232 Å². The average Bonchev–Trinajstić information content (AvgIpc) is 3.60. The number of fused-ring (bicyclic) bond motifs is 4. The largest absolute Gasteiger partial charge is 0.321 e. The van der Waals surface area contributed by atoms with Crippen molar-refractivity contribution in [2.75, 3.05) is 0 Å². The van der Waals surface area contributed by atoms with Crippen LogP contribution < -0.4 is 5.73 Å². The highest BCUT2D eigenvalue weighted by molar-refractivity contribution is 5.99. The molecule has 8 rings (SSSR count). The Hall–Kier alpha value is -5.02. The molecule has 0 aliphatic heterocycles. The zero-order valence-corrected chi connectivity index (χ0v) is 21.7. The van der Waals surface area contributed by atoms with E-state index < -0.39 is 11.5 Å². The van der Waals surface area contributed by atoms with Gasteiger partial charge in [0.1, 0.15) is 5.69 Å². The summed E-state index contributed by atoms with van der Waals surface area (Å²) in [6.45, 7) is 0. The van der Waals surface area contributed by atoms with E-state index in [0.717, 1.165) is 49.9 Å². The van der Waals surface area contributed by atoms with Crippen molar-refractivity contribution < 1.29 is 8.78 Å². The van der Waals surface area contributed by atoms with Crippen molar-refractivity contribution in [1.29, 1.82) is 0 Å². The number of H-pyrrole nitrogens is 1. The van der Waals surface area contributed by atoms with E-state index in [9.17, 15) is 8.78 Å². The number of pyridine rings is 2. The van der Waals surface area contributed by atoms with E-state index in [2.05, 4.69) is 26.5 Å². The Morgan fingerprint density at radius 2 is 1.54 bits per heavy atom. The van der Waals surface area contributed by atoms with Crippen LogP contribution in [0.3, 0.4) is 0 Å². The number of nitrogens with zero attached hydrogens (tertiary/aromatic N) is 5. The van der Waals surface area contributed by atoms with Crippen LogP contribution in [0.5, 0.6) is 0 Å². The topological polar surface area (TPSA) is 97.8 Å². The second-order valence-electron chi connectivity index (χ2n) is 10.8. The highest BCUT2D eigenvalue weighted by Crippen LogP contribution is 2.50. The Balaban J connectivity index is 1.29. The smallest absolute Gasteiger partial charge is 0.252 e. The van der Waals surface area contributed by atoms with Gasteiger partial charge in [-0.2, -0.15) is 5.10 Å². The highest BCUT2D eigenvalue weighted by atomic mass is 19.3. The van der Waals surface area contributed by atoms with Crippen molar-refractivity contribution >= 4 is 27.5 Å². The Morgan fingerprint density at radius 3 is 2.32 bits per heavy atom. The molecule has 0 radical (unpaired) electrons. The zero-order valence-electron chi connectivity index (χ0n) is 21.7. The number of hydrogen-bond acceptors (Lipinski definition) is 5. The first-order chi connectivity index (χ1) is 19.9. The van der Waals surface area contributed by atoms with Crippen molar-refractivity contribution in [2.24, 2.45) is 5.73 Å². The number of rotatable bonds is 4. The van der Waals surface area contributed by atoms with Gasteiger partial charge in [-0.25, -0.2) is 13.8 Å². The van der Waals surface area contributed by atoms with Crippen LogP contribution >= 0.6 is 0 Å². The summed E-state index contributed by atoms with van der Waals surface area (Å²) in [5.74, 6) is -2.07. The molecule has 7 aromatic rings. The van der Waals surface area contributed by atoms with Crippen LogP contribution in [0.4, 0.5) is 8.78 Å². The predicted octanol–water partition coefficient (Wildman–Crippen LogP) is 6.74. The first-order valence-electron chi connectivity index (χ1n) is 13.3. The third-order valence-corrected chi connectivity index (χ3v) is 8.02. The fraction of sp³-hybridized carbons (Fsp3) is 0.125. The zero-order chi connectivity index (χ0) is 27.8. The van der Waals surface area contributed by atoms with Gasteiger partial charge in [-0.05, 0) is 29.3 Å². The number of aromatic nitrogens is 6. The third-order valence-electron chi connectivity index (χ3n) is 8.02. The summed E-state index contributed by atoms with van der Waals surface area (Å²) in [5.41, 5.74) is 12.6. The van der Waals surface area contributed by atoms with Crippen LogP contribution in [0, 0.1) is 0 Å². The molecular formula is C32H23F2N7. The van der Waals surface area contributed by atoms with Crippen LogP contribution in [0.15, 0.2) is 97.2 Å². The lowest BCUT2D eigenvalue weighted by Crippen LogP contribution is -2.55. The lowest BCUT2D eigenvalue weighted by Gasteiger charge is -2.44. The number of alkyl halides is 2. The number of aromatic amines is 1. The molecule has 7 nitrogen and oxygen atoms in total. The minimum atomic E-state index is -2.70. The summed E-state index contributed by atoms with van der Waals surface area (Å²) < 4.78 is 29.2. The molecule has 0 spiro atoms. The molecular weight excluding hydrogens is 520 g/mol. The lowest BCUT2D eigenvalue weighted by atomic mass is 9.70. The molecule has 1 aliphatic rings. The Morgan fingerprint density at radius 1 is 0.780 bits per heavy atom. The summed E-state index contributed by atoms with van der Waals surface area (Å²) in [6.07, 6.45) is 1.23. The molecule has 0 bridgehead atoms. The number of nitrogens with two attached hydrogens (primary N) is 1. The van der Waals surface area contributed by atoms with Crippen LogP contribution in [0.2, 0.25) is 0 Å². The minimum Gasteiger partial charge on any atom is -0.321 e. The third kappa shape index (κ3) is 3.73. The van der Waals surface area contributed by atoms with Gasteiger partial charge in [0.25, 0.3) is 5.92 Å². The molecule has 1 aliphatic carbocycles. The number of benzene rings is 3. The number of halogens is 2. The fourth-order valence-electron chi connectivity index (χ4n) is 5.98. The Kier molecular flexibility index (Phi) is 4.93. The van der Waals surface area contributed by atoms with Gasteiger partial charge in [-0.3, -0.25) is 9.50 Å². The molecule has 3 N–H and O–H groups in total. The van der Waals surface area contributed by atoms with E-state index >= 15 is 0 Å². The summed E-state index contributed by atoms with van der Waals surface area (Å²) in [4.78, 5) is 5.09. The normalized spacial score (nSPS) is 15.9. The van der Waals surface area contributed by atoms with E-state index in [4.69, 9.17) is 10.7 Å². The molecule has 9 heteroatoms. The minimum absolute atomic E-state index is 0.340. The van der Waals surface area contributed by atoms with Gasteiger partial charge in [0.15, 0.2) is 11.5 Å². The van der Waals surface area contributed by atoms with Crippen molar-refractivity contribution in [1.82, 2.24) is 29.8 Å². The number of para-hydroxylation sites is 1. The summed E-state index contributed by atoms with van der Waals surface area (Å²) in [6, 6.07) is 29.5. The van der Waals surface area contributed by atoms with Gasteiger partial charge in [-0.1, -0.05) is 72.8 Å². The van der Waals surface area contributed by atoms with E-state index in [1.165, 1.54) is 0 Å². The van der Waals surface area contributed by atoms with E-state index in [1.807, 2.05) is 95.5 Å². The summed E-state index contributed by atoms with van der Waals surface area (Å²) in [7, 11) is 0. The van der Waals surface area contributed by atoms with Gasteiger partial charge < -0.3 is 5.73 Å². The number of hydrogen-bond donors (Lipinski definition) is 2. The molecule has 4 aromatic heterocycles. The highest BCUT2D eigenvalue weighted by Gasteiger charge is 2.55. The number of nitrogens with one attached hydrogen (secondary N) is 1. The predicted molar refractivity (Wildman–Crippen MR) is 154 cm³/mol. The molecule has 0 unspecified atom stereocenters. The molecule has 4 heterocycles. The van der Waals surface area contributed by atoms with Crippen LogP contribution in [-0.2, 0) is 5.54 Å². The fourth-order valence-corrected chi connectivity index (χ4v) is 5.98. The van der Waals surface area contributed by atoms with Gasteiger partial charge in [0, 0.05) is 40.9 Å². The lowest BCUT2D eigenvalue weighted by molar-refractivity contribution is -0.125. The van der Waals surface area contributed by atoms with E-state index in [0.29, 0.717) is 17.0 Å². The molecule has 41 heavy (non-hydrogen) atoms. The maximum atomic E-state index is 13.6. The second-order valence-corrected chi connectivity index (χ2v) is 10.8. The molecule has 1 fully saturated rings. The SMILES string of the molecule is NC1(c2ccc(-c3nc4ccn5c(-c6n[nH]c7ccccc67)nnc5c4cc3-c3ccccc3)cc2)CC(F)(F)C1. The molecule has 0 atom stereocenters. The quantitative estimate of drug-likeness (QED) is 0.256. The van der Waals surface area contributed by atoms with Crippen molar-refractivity contribution in [3.8, 4) is 33.9 Å². The summed E-state index contributed by atoms with van der Waals surface area (Å²) in [5, 5.41) is 18.5. The van der Waals surface area contributed by atoms with Gasteiger partial charge in [0.2, 0.25) is 0 Å². The van der Waals surface area contributed by atoms with Gasteiger partial charge in [-0.15, -0.1) is 10.2 Å². The second kappa shape index (κ2) is 8.49. The van der Waals surface area contributed by atoms with E-state index in [1.54, 1.807) is 0 Å². The van der Waals surface area contributed by atoms with Crippen LogP contribution in [-0.4, -0.2) is 35.7 Å². The first kappa shape index (κ1) is 23.8. The first-order valence-corrected chi connectivity index (χ1v) is 13.3.